The number of carbonyl (C=O) groups is 1. The first kappa shape index (κ1) is 17.0. The second-order valence-corrected chi connectivity index (χ2v) is 6.43. The van der Waals surface area contributed by atoms with Gasteiger partial charge in [0.2, 0.25) is 0 Å². The zero-order valence-electron chi connectivity index (χ0n) is 12.8. The highest BCUT2D eigenvalue weighted by atomic mass is 35.5. The van der Waals surface area contributed by atoms with Crippen molar-refractivity contribution in [2.75, 3.05) is 0 Å². The number of aryl methyl sites for hydroxylation is 1. The van der Waals surface area contributed by atoms with Gasteiger partial charge in [-0.25, -0.2) is 8.78 Å². The number of hydrogen-bond acceptors (Lipinski definition) is 3. The fourth-order valence-electron chi connectivity index (χ4n) is 3.13. The van der Waals surface area contributed by atoms with Gasteiger partial charge in [0, 0.05) is 23.2 Å². The average molecular weight is 352 g/mol. The summed E-state index contributed by atoms with van der Waals surface area (Å²) in [5.41, 5.74) is -1.28. The van der Waals surface area contributed by atoms with Crippen LogP contribution in [0.1, 0.15) is 42.2 Å². The fourth-order valence-corrected chi connectivity index (χ4v) is 3.37. The standard InChI is InChI=1S/C18H16ClF2NO2/c19-12-8-11(9-13(20)10-12)3-4-16(24)18(21)6-5-15(23)17-14(18)2-1-7-22-17/h1-2,7-10,15,23H,3-6H2/t15-,18-/m0/s1. The summed E-state index contributed by atoms with van der Waals surface area (Å²) in [6.07, 6.45) is 0.765. The molecule has 0 amide bonds. The van der Waals surface area contributed by atoms with E-state index in [1.807, 2.05) is 0 Å². The van der Waals surface area contributed by atoms with Crippen molar-refractivity contribution >= 4 is 17.4 Å². The fraction of sp³-hybridized carbons (Fsp3) is 0.333. The minimum Gasteiger partial charge on any atom is -0.387 e. The normalized spacial score (nSPS) is 22.9. The molecule has 3 nitrogen and oxygen atoms in total. The second kappa shape index (κ2) is 6.57. The Labute approximate surface area is 143 Å². The van der Waals surface area contributed by atoms with Crippen LogP contribution in [0.5, 0.6) is 0 Å². The minimum atomic E-state index is -2.17. The SMILES string of the molecule is O=C(CCc1cc(F)cc(Cl)c1)[C@]1(F)CC[C@H](O)c2ncccc21. The number of aliphatic hydroxyl groups excluding tert-OH is 1. The van der Waals surface area contributed by atoms with E-state index < -0.39 is 23.4 Å². The first-order chi connectivity index (χ1) is 11.4. The Hall–Kier alpha value is -1.85. The summed E-state index contributed by atoms with van der Waals surface area (Å²) in [7, 11) is 0. The van der Waals surface area contributed by atoms with Crippen molar-refractivity contribution in [1.82, 2.24) is 4.98 Å². The van der Waals surface area contributed by atoms with Crippen LogP contribution in [0, 0.1) is 5.82 Å². The number of hydrogen-bond donors (Lipinski definition) is 1. The molecule has 0 saturated heterocycles. The van der Waals surface area contributed by atoms with Gasteiger partial charge in [-0.1, -0.05) is 17.7 Å². The Morgan fingerprint density at radius 3 is 2.96 bits per heavy atom. The van der Waals surface area contributed by atoms with Crippen molar-refractivity contribution in [3.8, 4) is 0 Å². The van der Waals surface area contributed by atoms with Crippen LogP contribution >= 0.6 is 11.6 Å². The van der Waals surface area contributed by atoms with Crippen LogP contribution in [0.25, 0.3) is 0 Å². The third kappa shape index (κ3) is 3.19. The van der Waals surface area contributed by atoms with Gasteiger partial charge >= 0.3 is 0 Å². The number of aliphatic hydroxyl groups is 1. The summed E-state index contributed by atoms with van der Waals surface area (Å²) >= 11 is 5.79. The molecule has 126 valence electrons. The summed E-state index contributed by atoms with van der Waals surface area (Å²) in [6.45, 7) is 0. The van der Waals surface area contributed by atoms with Crippen molar-refractivity contribution < 1.29 is 18.7 Å². The number of nitrogens with zero attached hydrogens (tertiary/aromatic N) is 1. The summed E-state index contributed by atoms with van der Waals surface area (Å²) in [5.74, 6) is -1.08. The lowest BCUT2D eigenvalue weighted by molar-refractivity contribution is -0.133. The number of alkyl halides is 1. The van der Waals surface area contributed by atoms with E-state index in [-0.39, 0.29) is 42.0 Å². The molecule has 0 spiro atoms. The summed E-state index contributed by atoms with van der Waals surface area (Å²) in [5, 5.41) is 10.2. The molecule has 1 heterocycles. The Balaban J connectivity index is 1.81. The lowest BCUT2D eigenvalue weighted by Gasteiger charge is -2.32. The van der Waals surface area contributed by atoms with Gasteiger partial charge in [0.1, 0.15) is 5.82 Å². The Morgan fingerprint density at radius 1 is 1.42 bits per heavy atom. The monoisotopic (exact) mass is 351 g/mol. The van der Waals surface area contributed by atoms with Crippen LogP contribution in [0.2, 0.25) is 5.02 Å². The number of Topliss-reactive ketones (excluding diaryl/α,β-unsaturated/α-hetero) is 1. The number of pyridine rings is 1. The molecule has 6 heteroatoms. The van der Waals surface area contributed by atoms with Crippen molar-refractivity contribution in [1.29, 1.82) is 0 Å². The van der Waals surface area contributed by atoms with Gasteiger partial charge in [-0.15, -0.1) is 0 Å². The maximum atomic E-state index is 15.4. The van der Waals surface area contributed by atoms with E-state index >= 15 is 4.39 Å². The maximum Gasteiger partial charge on any atom is 0.195 e. The topological polar surface area (TPSA) is 50.2 Å². The molecule has 0 aliphatic heterocycles. The van der Waals surface area contributed by atoms with Gasteiger partial charge < -0.3 is 5.11 Å². The number of aromatic nitrogens is 1. The van der Waals surface area contributed by atoms with Crippen LogP contribution in [0.15, 0.2) is 36.5 Å². The number of benzene rings is 1. The van der Waals surface area contributed by atoms with Gasteiger partial charge in [-0.2, -0.15) is 0 Å². The maximum absolute atomic E-state index is 15.4. The molecule has 0 saturated carbocycles. The van der Waals surface area contributed by atoms with Crippen LogP contribution < -0.4 is 0 Å². The zero-order chi connectivity index (χ0) is 17.3. The molecule has 1 aliphatic rings. The van der Waals surface area contributed by atoms with E-state index in [1.165, 1.54) is 24.4 Å². The van der Waals surface area contributed by atoms with Gasteiger partial charge in [0.05, 0.1) is 11.8 Å². The molecule has 0 bridgehead atoms. The van der Waals surface area contributed by atoms with E-state index in [1.54, 1.807) is 12.1 Å². The zero-order valence-corrected chi connectivity index (χ0v) is 13.6. The molecule has 2 aromatic rings. The summed E-state index contributed by atoms with van der Waals surface area (Å²) < 4.78 is 28.7. The summed E-state index contributed by atoms with van der Waals surface area (Å²) in [6, 6.07) is 7.05. The first-order valence-electron chi connectivity index (χ1n) is 7.71. The van der Waals surface area contributed by atoms with Crippen molar-refractivity contribution in [3.63, 3.8) is 0 Å². The van der Waals surface area contributed by atoms with E-state index in [2.05, 4.69) is 4.98 Å². The van der Waals surface area contributed by atoms with Gasteiger partial charge in [-0.3, -0.25) is 9.78 Å². The Bertz CT molecular complexity index is 763. The number of carbonyl (C=O) groups excluding carboxylic acids is 1. The van der Waals surface area contributed by atoms with Crippen molar-refractivity contribution in [2.45, 2.75) is 37.5 Å². The highest BCUT2D eigenvalue weighted by Crippen LogP contribution is 2.43. The van der Waals surface area contributed by atoms with E-state index in [0.717, 1.165) is 0 Å². The van der Waals surface area contributed by atoms with Crippen LogP contribution in [-0.4, -0.2) is 15.9 Å². The van der Waals surface area contributed by atoms with Gasteiger partial charge in [0.25, 0.3) is 0 Å². The molecule has 0 radical (unpaired) electrons. The van der Waals surface area contributed by atoms with E-state index in [9.17, 15) is 14.3 Å². The largest absolute Gasteiger partial charge is 0.387 e. The predicted octanol–water partition coefficient (Wildman–Crippen LogP) is 4.07. The quantitative estimate of drug-likeness (QED) is 0.903. The molecule has 1 N–H and O–H groups in total. The lowest BCUT2D eigenvalue weighted by Crippen LogP contribution is -2.36. The molecule has 0 unspecified atom stereocenters. The molecule has 1 aromatic carbocycles. The molecule has 24 heavy (non-hydrogen) atoms. The molecule has 1 aromatic heterocycles. The second-order valence-electron chi connectivity index (χ2n) is 5.99. The van der Waals surface area contributed by atoms with Crippen molar-refractivity contribution in [3.05, 3.63) is 64.2 Å². The number of ketones is 1. The number of halogens is 3. The number of rotatable bonds is 4. The van der Waals surface area contributed by atoms with E-state index in [0.29, 0.717) is 5.56 Å². The van der Waals surface area contributed by atoms with Crippen LogP contribution in [0.3, 0.4) is 0 Å². The summed E-state index contributed by atoms with van der Waals surface area (Å²) in [4.78, 5) is 16.5. The smallest absolute Gasteiger partial charge is 0.195 e. The van der Waals surface area contributed by atoms with E-state index in [4.69, 9.17) is 11.6 Å². The molecular formula is C18H16ClF2NO2. The van der Waals surface area contributed by atoms with Crippen molar-refractivity contribution in [2.24, 2.45) is 0 Å². The highest BCUT2D eigenvalue weighted by Gasteiger charge is 2.45. The molecule has 3 rings (SSSR count). The Kier molecular flexibility index (Phi) is 4.65. The predicted molar refractivity (Wildman–Crippen MR) is 86.0 cm³/mol. The lowest BCUT2D eigenvalue weighted by atomic mass is 9.77. The van der Waals surface area contributed by atoms with Gasteiger partial charge in [-0.05, 0) is 49.1 Å². The highest BCUT2D eigenvalue weighted by molar-refractivity contribution is 6.30. The van der Waals surface area contributed by atoms with Gasteiger partial charge in [0.15, 0.2) is 11.5 Å². The minimum absolute atomic E-state index is 0.0826. The molecule has 1 aliphatic carbocycles. The number of fused-ring (bicyclic) bond motifs is 1. The average Bonchev–Trinajstić information content (AvgIpc) is 2.55. The molecule has 0 fully saturated rings. The van der Waals surface area contributed by atoms with Crippen LogP contribution in [0.4, 0.5) is 8.78 Å². The third-order valence-electron chi connectivity index (χ3n) is 4.35. The Morgan fingerprint density at radius 2 is 2.21 bits per heavy atom. The molecule has 2 atom stereocenters. The third-order valence-corrected chi connectivity index (χ3v) is 4.57. The molecular weight excluding hydrogens is 336 g/mol. The van der Waals surface area contributed by atoms with Crippen LogP contribution in [-0.2, 0) is 16.9 Å². The first-order valence-corrected chi connectivity index (χ1v) is 8.08.